The number of fused-ring (bicyclic) bond motifs is 1. The van der Waals surface area contributed by atoms with Crippen LogP contribution in [0.2, 0.25) is 0 Å². The Morgan fingerprint density at radius 1 is 0.875 bits per heavy atom. The van der Waals surface area contributed by atoms with E-state index in [1.54, 1.807) is 54.6 Å². The van der Waals surface area contributed by atoms with Gasteiger partial charge < -0.3 is 35.6 Å². The Hall–Kier alpha value is -4.01. The maximum absolute atomic E-state index is 10.6. The Morgan fingerprint density at radius 3 is 1.94 bits per heavy atom. The van der Waals surface area contributed by atoms with Crippen LogP contribution in [0.25, 0.3) is 16.8 Å². The molecule has 4 rings (SSSR count). The average molecular weight is 436 g/mol. The van der Waals surface area contributed by atoms with Gasteiger partial charge in [0.15, 0.2) is 28.8 Å². The van der Waals surface area contributed by atoms with Crippen molar-refractivity contribution in [1.29, 1.82) is 0 Å². The van der Waals surface area contributed by atoms with E-state index >= 15 is 0 Å². The molecule has 0 spiro atoms. The number of nitrogens with zero attached hydrogens (tertiary/aromatic N) is 1. The first-order chi connectivity index (χ1) is 15.4. The molecule has 1 unspecified atom stereocenters. The number of phenols is 4. The maximum atomic E-state index is 10.6. The number of ether oxygens (including phenoxy) is 1. The third-order valence-electron chi connectivity index (χ3n) is 4.77. The summed E-state index contributed by atoms with van der Waals surface area (Å²) >= 11 is 0. The number of hydrogen-bond acceptors (Lipinski definition) is 8. The monoisotopic (exact) mass is 436 g/mol. The molecule has 8 heteroatoms. The highest BCUT2D eigenvalue weighted by molar-refractivity contribution is 5.91. The van der Waals surface area contributed by atoms with E-state index in [9.17, 15) is 25.5 Å². The average Bonchev–Trinajstić information content (AvgIpc) is 3.13. The van der Waals surface area contributed by atoms with Crippen molar-refractivity contribution in [2.24, 2.45) is 4.99 Å². The van der Waals surface area contributed by atoms with E-state index in [0.717, 1.165) is 0 Å². The third-order valence-corrected chi connectivity index (χ3v) is 4.77. The summed E-state index contributed by atoms with van der Waals surface area (Å²) < 4.78 is 5.64. The van der Waals surface area contributed by atoms with Gasteiger partial charge in [0.2, 0.25) is 0 Å². The van der Waals surface area contributed by atoms with Crippen LogP contribution in [0.3, 0.4) is 0 Å². The molecule has 8 nitrogen and oxygen atoms in total. The van der Waals surface area contributed by atoms with E-state index in [1.807, 2.05) is 14.1 Å². The van der Waals surface area contributed by atoms with Crippen LogP contribution in [-0.4, -0.2) is 46.3 Å². The highest BCUT2D eigenvalue weighted by atomic mass is 16.5. The summed E-state index contributed by atoms with van der Waals surface area (Å²) in [5, 5.41) is 55.7. The first-order valence-corrected chi connectivity index (χ1v) is 9.67. The molecule has 6 N–H and O–H groups in total. The predicted octanol–water partition coefficient (Wildman–Crippen LogP) is 3.51. The van der Waals surface area contributed by atoms with Gasteiger partial charge in [0.1, 0.15) is 17.6 Å². The summed E-state index contributed by atoms with van der Waals surface area (Å²) in [4.78, 5) is 3.78. The Morgan fingerprint density at radius 2 is 1.41 bits per heavy atom. The summed E-state index contributed by atoms with van der Waals surface area (Å²) in [5.41, 5.74) is 0.0846. The van der Waals surface area contributed by atoms with E-state index in [1.165, 1.54) is 0 Å². The zero-order chi connectivity index (χ0) is 23.4. The van der Waals surface area contributed by atoms with Crippen LogP contribution in [0.4, 0.5) is 0 Å². The van der Waals surface area contributed by atoms with E-state index in [-0.39, 0.29) is 17.0 Å². The molecule has 0 aromatic heterocycles. The largest absolute Gasteiger partial charge is 0.504 e. The lowest BCUT2D eigenvalue weighted by Gasteiger charge is -2.17. The molecular weight excluding hydrogens is 412 g/mol. The molecule has 0 radical (unpaired) electrons. The fraction of sp³-hybridized carbons (Fsp3) is 0.125. The van der Waals surface area contributed by atoms with Crippen LogP contribution in [0.1, 0.15) is 17.2 Å². The quantitative estimate of drug-likeness (QED) is 0.210. The molecule has 32 heavy (non-hydrogen) atoms. The van der Waals surface area contributed by atoms with Gasteiger partial charge in [0.25, 0.3) is 0 Å². The van der Waals surface area contributed by atoms with Gasteiger partial charge >= 0.3 is 0 Å². The standard InChI is InChI=1S/C22H17NO6.C2H7N/c1-23-16(22-17(24)12-9-5-6-10-13(12)29-22)15-20(27)18(25)14(19(26)21(15)28)11-7-3-2-4-8-11;1-3-2/h2-10,17,24-28H,1H2;3H,1-2H3/b22-16+;. The summed E-state index contributed by atoms with van der Waals surface area (Å²) in [6.07, 6.45) is -1.23. The fourth-order valence-electron chi connectivity index (χ4n) is 3.37. The van der Waals surface area contributed by atoms with Gasteiger partial charge in [-0.15, -0.1) is 0 Å². The van der Waals surface area contributed by atoms with Crippen LogP contribution in [0.15, 0.2) is 65.3 Å². The second kappa shape index (κ2) is 9.42. The number of aromatic hydroxyl groups is 4. The van der Waals surface area contributed by atoms with Crippen molar-refractivity contribution in [2.75, 3.05) is 14.1 Å². The van der Waals surface area contributed by atoms with Gasteiger partial charge in [-0.05, 0) is 32.4 Å². The molecule has 0 saturated carbocycles. The fourth-order valence-corrected chi connectivity index (χ4v) is 3.37. The van der Waals surface area contributed by atoms with E-state index < -0.39 is 34.7 Å². The Labute approximate surface area is 185 Å². The number of para-hydroxylation sites is 1. The molecular formula is C24H24N2O6. The normalized spacial score (nSPS) is 15.8. The number of aliphatic imine (C=N–C) groups is 1. The van der Waals surface area contributed by atoms with Crippen LogP contribution in [0.5, 0.6) is 28.7 Å². The lowest BCUT2D eigenvalue weighted by atomic mass is 9.96. The summed E-state index contributed by atoms with van der Waals surface area (Å²) in [5.74, 6) is -2.51. The summed E-state index contributed by atoms with van der Waals surface area (Å²) in [6, 6.07) is 15.0. The van der Waals surface area contributed by atoms with E-state index in [4.69, 9.17) is 4.74 Å². The minimum absolute atomic E-state index is 0.0990. The van der Waals surface area contributed by atoms with Crippen molar-refractivity contribution in [3.05, 3.63) is 71.5 Å². The number of aliphatic hydroxyl groups is 1. The van der Waals surface area contributed by atoms with Gasteiger partial charge in [0.05, 0.1) is 11.1 Å². The number of nitrogens with one attached hydrogen (secondary N) is 1. The minimum Gasteiger partial charge on any atom is -0.504 e. The second-order valence-electron chi connectivity index (χ2n) is 6.92. The van der Waals surface area contributed by atoms with Gasteiger partial charge in [0, 0.05) is 5.56 Å². The van der Waals surface area contributed by atoms with Crippen molar-refractivity contribution in [2.45, 2.75) is 6.10 Å². The summed E-state index contributed by atoms with van der Waals surface area (Å²) in [7, 11) is 3.75. The van der Waals surface area contributed by atoms with E-state index in [2.05, 4.69) is 17.0 Å². The predicted molar refractivity (Wildman–Crippen MR) is 122 cm³/mol. The Bertz CT molecular complexity index is 1150. The number of aliphatic hydroxyl groups excluding tert-OH is 1. The second-order valence-corrected chi connectivity index (χ2v) is 6.92. The molecule has 0 fully saturated rings. The first kappa shape index (κ1) is 22.7. The first-order valence-electron chi connectivity index (χ1n) is 9.67. The molecule has 0 bridgehead atoms. The molecule has 3 aromatic carbocycles. The molecule has 0 amide bonds. The van der Waals surface area contributed by atoms with E-state index in [0.29, 0.717) is 16.9 Å². The number of rotatable bonds is 3. The summed E-state index contributed by atoms with van der Waals surface area (Å²) in [6.45, 7) is 3.42. The highest BCUT2D eigenvalue weighted by Gasteiger charge is 2.34. The van der Waals surface area contributed by atoms with Crippen molar-refractivity contribution in [1.82, 2.24) is 5.32 Å². The van der Waals surface area contributed by atoms with Gasteiger partial charge in [-0.25, -0.2) is 0 Å². The van der Waals surface area contributed by atoms with Crippen LogP contribution >= 0.6 is 0 Å². The Balaban J connectivity index is 0.000000913. The molecule has 3 aromatic rings. The number of benzene rings is 3. The van der Waals surface area contributed by atoms with Crippen molar-refractivity contribution >= 4 is 12.4 Å². The van der Waals surface area contributed by atoms with Crippen molar-refractivity contribution in [3.63, 3.8) is 0 Å². The van der Waals surface area contributed by atoms with Crippen LogP contribution in [-0.2, 0) is 0 Å². The molecule has 0 saturated heterocycles. The number of hydrogen-bond donors (Lipinski definition) is 6. The van der Waals surface area contributed by atoms with Gasteiger partial charge in [-0.2, -0.15) is 0 Å². The van der Waals surface area contributed by atoms with Crippen LogP contribution in [0, 0.1) is 0 Å². The SMILES string of the molecule is C=N/C(=C1/Oc2ccccc2C1O)c1c(O)c(O)c(-c2ccccc2)c(O)c1O.CNC. The zero-order valence-corrected chi connectivity index (χ0v) is 17.6. The smallest absolute Gasteiger partial charge is 0.171 e. The third kappa shape index (κ3) is 3.84. The zero-order valence-electron chi connectivity index (χ0n) is 17.6. The Kier molecular flexibility index (Phi) is 6.67. The molecule has 166 valence electrons. The van der Waals surface area contributed by atoms with Gasteiger partial charge in [-0.1, -0.05) is 48.5 Å². The molecule has 1 heterocycles. The molecule has 0 aliphatic carbocycles. The lowest BCUT2D eigenvalue weighted by Crippen LogP contribution is -2.02. The number of phenolic OH excluding ortho intramolecular Hbond substituents is 4. The topological polar surface area (TPSA) is 135 Å². The van der Waals surface area contributed by atoms with Crippen molar-refractivity contribution < 1.29 is 30.3 Å². The lowest BCUT2D eigenvalue weighted by molar-refractivity contribution is 0.192. The van der Waals surface area contributed by atoms with Gasteiger partial charge in [-0.3, -0.25) is 4.99 Å². The molecule has 1 atom stereocenters. The minimum atomic E-state index is -1.23. The highest BCUT2D eigenvalue weighted by Crippen LogP contribution is 2.55. The molecule has 1 aliphatic heterocycles. The van der Waals surface area contributed by atoms with Crippen LogP contribution < -0.4 is 10.1 Å². The maximum Gasteiger partial charge on any atom is 0.171 e. The van der Waals surface area contributed by atoms with Crippen molar-refractivity contribution in [3.8, 4) is 39.9 Å². The molecule has 1 aliphatic rings.